The minimum Gasteiger partial charge on any atom is -0.369 e. The topological polar surface area (TPSA) is 66.4 Å². The van der Waals surface area contributed by atoms with E-state index in [-0.39, 0.29) is 5.78 Å². The summed E-state index contributed by atoms with van der Waals surface area (Å²) in [6, 6.07) is 18.6. The molecule has 2 aliphatic heterocycles. The molecule has 4 aromatic rings. The largest absolute Gasteiger partial charge is 0.369 e. The third kappa shape index (κ3) is 6.90. The van der Waals surface area contributed by atoms with Crippen LogP contribution in [0.15, 0.2) is 65.5 Å². The number of piperazine rings is 1. The molecule has 7 heteroatoms. The fraction of sp³-hybridized carbons (Fsp3) is 0.412. The zero-order chi connectivity index (χ0) is 28.0. The first-order chi connectivity index (χ1) is 20.1. The van der Waals surface area contributed by atoms with Crippen LogP contribution in [0.2, 0.25) is 0 Å². The van der Waals surface area contributed by atoms with E-state index in [1.807, 2.05) is 30.3 Å². The molecule has 2 fully saturated rings. The van der Waals surface area contributed by atoms with Crippen molar-refractivity contribution >= 4 is 33.7 Å². The number of nitrogens with zero attached hydrogens (tertiary/aromatic N) is 4. The van der Waals surface area contributed by atoms with Crippen LogP contribution in [0.5, 0.6) is 0 Å². The molecule has 0 bridgehead atoms. The number of likely N-dealkylation sites (tertiary alicyclic amines) is 1. The molecule has 41 heavy (non-hydrogen) atoms. The Kier molecular flexibility index (Phi) is 8.81. The Morgan fingerprint density at radius 1 is 0.976 bits per heavy atom. The second kappa shape index (κ2) is 13.0. The third-order valence-electron chi connectivity index (χ3n) is 8.99. The summed E-state index contributed by atoms with van der Waals surface area (Å²) in [5.41, 5.74) is 6.56. The number of thiophene rings is 1. The van der Waals surface area contributed by atoms with E-state index >= 15 is 0 Å². The van der Waals surface area contributed by atoms with E-state index in [1.54, 1.807) is 11.3 Å². The van der Waals surface area contributed by atoms with Crippen LogP contribution < -0.4 is 4.90 Å². The van der Waals surface area contributed by atoms with Gasteiger partial charge >= 0.3 is 0 Å². The highest BCUT2D eigenvalue weighted by molar-refractivity contribution is 7.07. The molecule has 212 valence electrons. The van der Waals surface area contributed by atoms with Gasteiger partial charge in [0.2, 0.25) is 0 Å². The van der Waals surface area contributed by atoms with Crippen LogP contribution in [-0.2, 0) is 13.0 Å². The Hall–Kier alpha value is -3.44. The Morgan fingerprint density at radius 2 is 1.78 bits per heavy atom. The first-order valence-corrected chi connectivity index (χ1v) is 15.9. The fourth-order valence-electron chi connectivity index (χ4n) is 6.37. The summed E-state index contributed by atoms with van der Waals surface area (Å²) in [6.45, 7) is 8.39. The van der Waals surface area contributed by atoms with Gasteiger partial charge in [0, 0.05) is 74.0 Å². The number of nitrogens with one attached hydrogen (secondary N) is 1. The van der Waals surface area contributed by atoms with E-state index in [2.05, 4.69) is 60.9 Å². The summed E-state index contributed by atoms with van der Waals surface area (Å²) < 4.78 is 0. The summed E-state index contributed by atoms with van der Waals surface area (Å²) in [4.78, 5) is 23.8. The smallest absolute Gasteiger partial charge is 0.162 e. The molecular formula is C34H39N5OS. The molecule has 2 saturated heterocycles. The van der Waals surface area contributed by atoms with Crippen LogP contribution in [0, 0.1) is 17.2 Å². The van der Waals surface area contributed by atoms with Gasteiger partial charge in [-0.05, 0) is 115 Å². The van der Waals surface area contributed by atoms with E-state index in [0.29, 0.717) is 17.9 Å². The maximum absolute atomic E-state index is 12.9. The van der Waals surface area contributed by atoms with Crippen LogP contribution in [0.3, 0.4) is 0 Å². The number of aromatic amines is 1. The number of H-pyrrole nitrogens is 1. The van der Waals surface area contributed by atoms with E-state index in [4.69, 9.17) is 0 Å². The average molecular weight is 566 g/mol. The zero-order valence-electron chi connectivity index (χ0n) is 23.7. The summed E-state index contributed by atoms with van der Waals surface area (Å²) in [5.74, 6) is 0.945. The Bertz CT molecular complexity index is 1470. The lowest BCUT2D eigenvalue weighted by atomic mass is 9.90. The SMILES string of the molecule is N#Cc1ccc2[nH]cc(CCN3CCN(c4ccc(C(=O)CCC5CCN(Cc6ccsc6)CC5)cc4)CC3)c2c1. The first-order valence-electron chi connectivity index (χ1n) is 15.0. The van der Waals surface area contributed by atoms with Crippen LogP contribution in [-0.4, -0.2) is 66.4 Å². The van der Waals surface area contributed by atoms with Crippen molar-refractivity contribution in [2.75, 3.05) is 50.7 Å². The molecule has 1 N–H and O–H groups in total. The number of carbonyl (C=O) groups excluding carboxylic acids is 1. The monoisotopic (exact) mass is 565 g/mol. The van der Waals surface area contributed by atoms with Crippen molar-refractivity contribution in [1.82, 2.24) is 14.8 Å². The molecule has 0 radical (unpaired) electrons. The summed E-state index contributed by atoms with van der Waals surface area (Å²) in [7, 11) is 0. The molecule has 0 aliphatic carbocycles. The van der Waals surface area contributed by atoms with E-state index in [1.165, 1.54) is 29.7 Å². The molecule has 0 spiro atoms. The normalized spacial score (nSPS) is 17.2. The summed E-state index contributed by atoms with van der Waals surface area (Å²) in [6.07, 6.45) is 7.12. The maximum atomic E-state index is 12.9. The number of nitriles is 1. The number of piperidine rings is 1. The number of hydrogen-bond donors (Lipinski definition) is 1. The van der Waals surface area contributed by atoms with Gasteiger partial charge in [0.15, 0.2) is 5.78 Å². The number of aromatic nitrogens is 1. The van der Waals surface area contributed by atoms with Gasteiger partial charge in [0.05, 0.1) is 11.6 Å². The minimum absolute atomic E-state index is 0.279. The predicted octanol–water partition coefficient (Wildman–Crippen LogP) is 6.34. The van der Waals surface area contributed by atoms with Crippen molar-refractivity contribution in [3.63, 3.8) is 0 Å². The van der Waals surface area contributed by atoms with Gasteiger partial charge in [-0.3, -0.25) is 14.6 Å². The van der Waals surface area contributed by atoms with Crippen molar-refractivity contribution < 1.29 is 4.79 Å². The molecule has 4 heterocycles. The number of rotatable bonds is 10. The lowest BCUT2D eigenvalue weighted by molar-refractivity contribution is 0.0961. The van der Waals surface area contributed by atoms with Gasteiger partial charge in [0.25, 0.3) is 0 Å². The number of hydrogen-bond acceptors (Lipinski definition) is 6. The van der Waals surface area contributed by atoms with E-state index < -0.39 is 0 Å². The van der Waals surface area contributed by atoms with Gasteiger partial charge < -0.3 is 9.88 Å². The van der Waals surface area contributed by atoms with Crippen LogP contribution in [0.1, 0.15) is 52.7 Å². The van der Waals surface area contributed by atoms with Gasteiger partial charge in [-0.1, -0.05) is 0 Å². The first kappa shape index (κ1) is 27.7. The van der Waals surface area contributed by atoms with Gasteiger partial charge in [-0.2, -0.15) is 16.6 Å². The third-order valence-corrected chi connectivity index (χ3v) is 9.73. The van der Waals surface area contributed by atoms with Crippen molar-refractivity contribution in [3.8, 4) is 6.07 Å². The van der Waals surface area contributed by atoms with Crippen molar-refractivity contribution in [3.05, 3.63) is 87.7 Å². The lowest BCUT2D eigenvalue weighted by Gasteiger charge is -2.36. The molecule has 0 amide bonds. The number of carbonyl (C=O) groups is 1. The Balaban J connectivity index is 0.921. The molecule has 6 rings (SSSR count). The Labute approximate surface area is 247 Å². The van der Waals surface area contributed by atoms with Gasteiger partial charge in [-0.25, -0.2) is 0 Å². The lowest BCUT2D eigenvalue weighted by Crippen LogP contribution is -2.47. The fourth-order valence-corrected chi connectivity index (χ4v) is 7.03. The molecule has 0 saturated carbocycles. The summed E-state index contributed by atoms with van der Waals surface area (Å²) in [5, 5.41) is 14.8. The van der Waals surface area contributed by atoms with Gasteiger partial charge in [-0.15, -0.1) is 0 Å². The second-order valence-electron chi connectivity index (χ2n) is 11.6. The number of anilines is 1. The molecule has 0 atom stereocenters. The molecule has 2 aromatic heterocycles. The summed E-state index contributed by atoms with van der Waals surface area (Å²) >= 11 is 1.77. The van der Waals surface area contributed by atoms with Gasteiger partial charge in [0.1, 0.15) is 0 Å². The molecule has 2 aromatic carbocycles. The average Bonchev–Trinajstić information content (AvgIpc) is 3.69. The highest BCUT2D eigenvalue weighted by Crippen LogP contribution is 2.26. The number of benzene rings is 2. The quantitative estimate of drug-likeness (QED) is 0.227. The van der Waals surface area contributed by atoms with Crippen LogP contribution in [0.25, 0.3) is 10.9 Å². The Morgan fingerprint density at radius 3 is 2.51 bits per heavy atom. The highest BCUT2D eigenvalue weighted by Gasteiger charge is 2.21. The molecule has 0 unspecified atom stereocenters. The predicted molar refractivity (Wildman–Crippen MR) is 168 cm³/mol. The van der Waals surface area contributed by atoms with E-state index in [0.717, 1.165) is 81.7 Å². The van der Waals surface area contributed by atoms with Crippen LogP contribution >= 0.6 is 11.3 Å². The number of Topliss-reactive ketones (excluding diaryl/α,β-unsaturated/α-hetero) is 1. The van der Waals surface area contributed by atoms with Crippen LogP contribution in [0.4, 0.5) is 5.69 Å². The molecule has 6 nitrogen and oxygen atoms in total. The van der Waals surface area contributed by atoms with Crippen molar-refractivity contribution in [1.29, 1.82) is 5.26 Å². The molecular weight excluding hydrogens is 526 g/mol. The van der Waals surface area contributed by atoms with Crippen molar-refractivity contribution in [2.24, 2.45) is 5.92 Å². The zero-order valence-corrected chi connectivity index (χ0v) is 24.5. The van der Waals surface area contributed by atoms with Crippen molar-refractivity contribution in [2.45, 2.75) is 38.6 Å². The number of fused-ring (bicyclic) bond motifs is 1. The maximum Gasteiger partial charge on any atom is 0.162 e. The standard InChI is InChI=1S/C34H39N5OS/c35-22-27-1-7-33-32(21-27)30(23-36-33)11-15-37-16-18-39(19-17-37)31-5-3-29(4-6-31)34(40)8-2-26-9-13-38(14-10-26)24-28-12-20-41-25-28/h1,3-7,12,20-21,23,25-26,36H,2,8-11,13-19,24H2. The van der Waals surface area contributed by atoms with E-state index in [9.17, 15) is 10.1 Å². The second-order valence-corrected chi connectivity index (χ2v) is 12.4. The molecule has 2 aliphatic rings. The number of ketones is 1. The minimum atomic E-state index is 0.279. The highest BCUT2D eigenvalue weighted by atomic mass is 32.1.